The number of carbonyl (C=O) groups excluding carboxylic acids is 1. The average molecular weight is 417 g/mol. The largest absolute Gasteiger partial charge is 0.494 e. The van der Waals surface area contributed by atoms with Crippen molar-refractivity contribution in [3.63, 3.8) is 0 Å². The van der Waals surface area contributed by atoms with Crippen molar-refractivity contribution in [2.45, 2.75) is 18.7 Å². The van der Waals surface area contributed by atoms with Crippen LogP contribution >= 0.6 is 11.3 Å². The minimum absolute atomic E-state index is 0.0262. The summed E-state index contributed by atoms with van der Waals surface area (Å²) in [7, 11) is -3.50. The summed E-state index contributed by atoms with van der Waals surface area (Å²) in [5.41, 5.74) is 1.73. The van der Waals surface area contributed by atoms with Gasteiger partial charge in [0, 0.05) is 10.9 Å². The van der Waals surface area contributed by atoms with Gasteiger partial charge in [-0.25, -0.2) is 13.4 Å². The standard InChI is InChI=1S/C20H20N2O4S2/c1-3-26-15-11-9-14(10-12-15)17-13-27-20(21-17)22-19(23)16-7-5-6-8-18(16)28(24,25)4-2/h5-13H,3-4H2,1-2H3,(H,21,22,23). The zero-order chi connectivity index (χ0) is 20.1. The smallest absolute Gasteiger partial charge is 0.258 e. The van der Waals surface area contributed by atoms with E-state index < -0.39 is 15.7 Å². The third-order valence-corrected chi connectivity index (χ3v) is 6.58. The molecule has 0 aliphatic heterocycles. The predicted molar refractivity (Wildman–Crippen MR) is 111 cm³/mol. The SMILES string of the molecule is CCOc1ccc(-c2csc(NC(=O)c3ccccc3S(=O)(=O)CC)n2)cc1. The molecule has 0 saturated heterocycles. The van der Waals surface area contributed by atoms with Gasteiger partial charge in [0.05, 0.1) is 28.5 Å². The lowest BCUT2D eigenvalue weighted by atomic mass is 10.2. The molecular formula is C20H20N2O4S2. The first-order valence-electron chi connectivity index (χ1n) is 8.76. The molecule has 0 aliphatic rings. The van der Waals surface area contributed by atoms with Crippen molar-refractivity contribution in [2.75, 3.05) is 17.7 Å². The molecule has 6 nitrogen and oxygen atoms in total. The molecule has 0 unspecified atom stereocenters. The summed E-state index contributed by atoms with van der Waals surface area (Å²) in [5, 5.41) is 4.93. The van der Waals surface area contributed by atoms with Crippen molar-refractivity contribution in [3.8, 4) is 17.0 Å². The minimum Gasteiger partial charge on any atom is -0.494 e. The first-order valence-corrected chi connectivity index (χ1v) is 11.3. The van der Waals surface area contributed by atoms with Gasteiger partial charge in [0.1, 0.15) is 5.75 Å². The van der Waals surface area contributed by atoms with E-state index in [0.29, 0.717) is 11.7 Å². The molecule has 2 aromatic carbocycles. The van der Waals surface area contributed by atoms with E-state index >= 15 is 0 Å². The average Bonchev–Trinajstić information content (AvgIpc) is 3.17. The van der Waals surface area contributed by atoms with Crippen LogP contribution in [0.3, 0.4) is 0 Å². The minimum atomic E-state index is -3.50. The number of rotatable bonds is 7. The van der Waals surface area contributed by atoms with Gasteiger partial charge in [-0.1, -0.05) is 19.1 Å². The van der Waals surface area contributed by atoms with Crippen LogP contribution in [0.1, 0.15) is 24.2 Å². The lowest BCUT2D eigenvalue weighted by molar-refractivity contribution is 0.102. The van der Waals surface area contributed by atoms with Gasteiger partial charge in [-0.15, -0.1) is 11.3 Å². The van der Waals surface area contributed by atoms with Gasteiger partial charge in [-0.05, 0) is 43.3 Å². The van der Waals surface area contributed by atoms with Crippen LogP contribution in [0.2, 0.25) is 0 Å². The molecule has 0 fully saturated rings. The van der Waals surface area contributed by atoms with E-state index in [1.54, 1.807) is 19.1 Å². The number of amides is 1. The molecule has 8 heteroatoms. The van der Waals surface area contributed by atoms with Gasteiger partial charge >= 0.3 is 0 Å². The molecule has 0 spiro atoms. The number of benzene rings is 2. The molecule has 0 atom stereocenters. The highest BCUT2D eigenvalue weighted by molar-refractivity contribution is 7.91. The first-order chi connectivity index (χ1) is 13.4. The van der Waals surface area contributed by atoms with Crippen molar-refractivity contribution in [3.05, 3.63) is 59.5 Å². The summed E-state index contributed by atoms with van der Waals surface area (Å²) in [5.74, 6) is 0.208. The van der Waals surface area contributed by atoms with E-state index in [4.69, 9.17) is 4.74 Å². The van der Waals surface area contributed by atoms with Crippen LogP contribution in [0.25, 0.3) is 11.3 Å². The number of nitrogens with one attached hydrogen (secondary N) is 1. The summed E-state index contributed by atoms with van der Waals surface area (Å²) in [4.78, 5) is 17.1. The summed E-state index contributed by atoms with van der Waals surface area (Å²) in [6, 6.07) is 13.7. The molecule has 0 saturated carbocycles. The summed E-state index contributed by atoms with van der Waals surface area (Å²) < 4.78 is 29.9. The molecule has 3 rings (SSSR count). The highest BCUT2D eigenvalue weighted by Crippen LogP contribution is 2.27. The third-order valence-electron chi connectivity index (χ3n) is 4.03. The lowest BCUT2D eigenvalue weighted by Crippen LogP contribution is -2.17. The number of ether oxygens (including phenoxy) is 1. The molecule has 1 heterocycles. The van der Waals surface area contributed by atoms with E-state index in [0.717, 1.165) is 17.0 Å². The maximum absolute atomic E-state index is 12.6. The Morgan fingerprint density at radius 2 is 1.82 bits per heavy atom. The quantitative estimate of drug-likeness (QED) is 0.622. The van der Waals surface area contributed by atoms with E-state index in [-0.39, 0.29) is 16.2 Å². The van der Waals surface area contributed by atoms with E-state index in [9.17, 15) is 13.2 Å². The highest BCUT2D eigenvalue weighted by Gasteiger charge is 2.21. The van der Waals surface area contributed by atoms with Crippen LogP contribution in [-0.4, -0.2) is 31.7 Å². The van der Waals surface area contributed by atoms with Crippen LogP contribution in [0.4, 0.5) is 5.13 Å². The Balaban J connectivity index is 1.80. The third kappa shape index (κ3) is 4.40. The number of hydrogen-bond donors (Lipinski definition) is 1. The fourth-order valence-corrected chi connectivity index (χ4v) is 4.41. The van der Waals surface area contributed by atoms with Gasteiger partial charge < -0.3 is 4.74 Å². The predicted octanol–water partition coefficient (Wildman–Crippen LogP) is 4.25. The van der Waals surface area contributed by atoms with Gasteiger partial charge in [0.15, 0.2) is 15.0 Å². The van der Waals surface area contributed by atoms with Crippen LogP contribution in [0, 0.1) is 0 Å². The monoisotopic (exact) mass is 416 g/mol. The number of sulfone groups is 1. The number of aromatic nitrogens is 1. The molecule has 1 amide bonds. The molecule has 1 aromatic heterocycles. The van der Waals surface area contributed by atoms with Gasteiger partial charge in [0.2, 0.25) is 0 Å². The van der Waals surface area contributed by atoms with Gasteiger partial charge in [0.25, 0.3) is 5.91 Å². The lowest BCUT2D eigenvalue weighted by Gasteiger charge is -2.08. The molecule has 146 valence electrons. The summed E-state index contributed by atoms with van der Waals surface area (Å²) in [6.45, 7) is 4.07. The van der Waals surface area contributed by atoms with Crippen molar-refractivity contribution in [1.82, 2.24) is 4.98 Å². The number of thiazole rings is 1. The van der Waals surface area contributed by atoms with Crippen molar-refractivity contribution in [1.29, 1.82) is 0 Å². The van der Waals surface area contributed by atoms with E-state index in [2.05, 4.69) is 10.3 Å². The molecular weight excluding hydrogens is 396 g/mol. The normalized spacial score (nSPS) is 11.2. The molecule has 0 radical (unpaired) electrons. The highest BCUT2D eigenvalue weighted by atomic mass is 32.2. The molecule has 28 heavy (non-hydrogen) atoms. The Kier molecular flexibility index (Phi) is 6.11. The molecule has 0 aliphatic carbocycles. The van der Waals surface area contributed by atoms with Gasteiger partial charge in [-0.3, -0.25) is 10.1 Å². The second kappa shape index (κ2) is 8.53. The topological polar surface area (TPSA) is 85.4 Å². The Morgan fingerprint density at radius 3 is 2.50 bits per heavy atom. The van der Waals surface area contributed by atoms with Crippen LogP contribution in [-0.2, 0) is 9.84 Å². The second-order valence-electron chi connectivity index (χ2n) is 5.85. The maximum Gasteiger partial charge on any atom is 0.258 e. The summed E-state index contributed by atoms with van der Waals surface area (Å²) in [6.07, 6.45) is 0. The Labute approximate surface area is 168 Å². The molecule has 0 bridgehead atoms. The fourth-order valence-electron chi connectivity index (χ4n) is 2.60. The van der Waals surface area contributed by atoms with Crippen LogP contribution in [0.5, 0.6) is 5.75 Å². The second-order valence-corrected chi connectivity index (χ2v) is 8.95. The maximum atomic E-state index is 12.6. The van der Waals surface area contributed by atoms with E-state index in [1.807, 2.05) is 36.6 Å². The summed E-state index contributed by atoms with van der Waals surface area (Å²) >= 11 is 1.28. The number of hydrogen-bond acceptors (Lipinski definition) is 6. The van der Waals surface area contributed by atoms with Gasteiger partial charge in [-0.2, -0.15) is 0 Å². The Bertz CT molecular complexity index is 1070. The van der Waals surface area contributed by atoms with Crippen LogP contribution < -0.4 is 10.1 Å². The van der Waals surface area contributed by atoms with Crippen molar-refractivity contribution >= 4 is 32.2 Å². The van der Waals surface area contributed by atoms with Crippen LogP contribution in [0.15, 0.2) is 58.8 Å². The molecule has 3 aromatic rings. The zero-order valence-electron chi connectivity index (χ0n) is 15.5. The Morgan fingerprint density at radius 1 is 1.11 bits per heavy atom. The first kappa shape index (κ1) is 20.0. The van der Waals surface area contributed by atoms with E-state index in [1.165, 1.54) is 23.5 Å². The number of carbonyl (C=O) groups is 1. The van der Waals surface area contributed by atoms with Crippen molar-refractivity contribution < 1.29 is 17.9 Å². The zero-order valence-corrected chi connectivity index (χ0v) is 17.1. The number of anilines is 1. The number of nitrogens with zero attached hydrogens (tertiary/aromatic N) is 1. The van der Waals surface area contributed by atoms with Crippen molar-refractivity contribution in [2.24, 2.45) is 0 Å². The molecule has 1 N–H and O–H groups in total. The fraction of sp³-hybridized carbons (Fsp3) is 0.200. The Hall–Kier alpha value is -2.71.